The lowest BCUT2D eigenvalue weighted by Crippen LogP contribution is -2.21. The molecule has 0 aromatic carbocycles. The number of nitrogens with one attached hydrogen (secondary N) is 2. The third kappa shape index (κ3) is 1.94. The summed E-state index contributed by atoms with van der Waals surface area (Å²) in [7, 11) is 0. The molecule has 2 N–H and O–H groups in total. The Bertz CT molecular complexity index is 507. The molecule has 15 heavy (non-hydrogen) atoms. The Morgan fingerprint density at radius 1 is 1.60 bits per heavy atom. The monoisotopic (exact) mass is 225 g/mol. The highest BCUT2D eigenvalue weighted by Crippen LogP contribution is 2.12. The molecule has 2 aromatic heterocycles. The van der Waals surface area contributed by atoms with Gasteiger partial charge in [0.05, 0.1) is 6.26 Å². The Morgan fingerprint density at radius 2 is 2.40 bits per heavy atom. The van der Waals surface area contributed by atoms with Gasteiger partial charge in [0.25, 0.3) is 0 Å². The van der Waals surface area contributed by atoms with E-state index >= 15 is 0 Å². The smallest absolute Gasteiger partial charge is 0.342 e. The Morgan fingerprint density at radius 3 is 2.93 bits per heavy atom. The summed E-state index contributed by atoms with van der Waals surface area (Å²) < 4.78 is 7.11. The van der Waals surface area contributed by atoms with E-state index in [1.54, 1.807) is 6.26 Å². The summed E-state index contributed by atoms with van der Waals surface area (Å²) in [6.45, 7) is 1.92. The Labute approximate surface area is 90.7 Å². The van der Waals surface area contributed by atoms with Crippen LogP contribution in [0.1, 0.15) is 18.7 Å². The molecule has 0 aliphatic carbocycles. The number of aromatic nitrogens is 3. The Kier molecular flexibility index (Phi) is 2.59. The lowest BCUT2D eigenvalue weighted by molar-refractivity contribution is 0.440. The molecule has 2 heterocycles. The fourth-order valence-corrected chi connectivity index (χ4v) is 1.85. The molecule has 1 unspecified atom stereocenters. The zero-order valence-corrected chi connectivity index (χ0v) is 9.00. The molecule has 0 bridgehead atoms. The van der Waals surface area contributed by atoms with Crippen LogP contribution in [0.4, 0.5) is 0 Å². The van der Waals surface area contributed by atoms with Crippen LogP contribution in [0.2, 0.25) is 0 Å². The van der Waals surface area contributed by atoms with Gasteiger partial charge < -0.3 is 4.42 Å². The Hall–Kier alpha value is -1.56. The van der Waals surface area contributed by atoms with Gasteiger partial charge in [-0.25, -0.2) is 9.89 Å². The van der Waals surface area contributed by atoms with E-state index in [-0.39, 0.29) is 11.7 Å². The second-order valence-corrected chi connectivity index (χ2v) is 3.75. The fourth-order valence-electron chi connectivity index (χ4n) is 1.53. The maximum Gasteiger partial charge on any atom is 0.342 e. The molecular weight excluding hydrogens is 214 g/mol. The van der Waals surface area contributed by atoms with Crippen molar-refractivity contribution < 1.29 is 4.42 Å². The Balaban J connectivity index is 2.26. The summed E-state index contributed by atoms with van der Waals surface area (Å²) in [5.74, 6) is 0.838. The number of H-pyrrole nitrogens is 2. The number of nitrogens with zero attached hydrogens (tertiary/aromatic N) is 1. The van der Waals surface area contributed by atoms with E-state index in [1.807, 2.05) is 19.1 Å². The average molecular weight is 225 g/mol. The van der Waals surface area contributed by atoms with E-state index in [4.69, 9.17) is 16.6 Å². The standard InChI is InChI=1S/C9H11N3O2S/c1-6(5-7-3-2-4-14-7)12-8(13)10-11-9(12)15/h2-4,6H,5H2,1H3,(H,10,13)(H,11,15). The van der Waals surface area contributed by atoms with Crippen molar-refractivity contribution in [3.63, 3.8) is 0 Å². The summed E-state index contributed by atoms with van der Waals surface area (Å²) >= 11 is 4.99. The first-order valence-electron chi connectivity index (χ1n) is 4.60. The van der Waals surface area contributed by atoms with E-state index in [2.05, 4.69) is 10.2 Å². The van der Waals surface area contributed by atoms with Crippen LogP contribution >= 0.6 is 12.2 Å². The van der Waals surface area contributed by atoms with Gasteiger partial charge in [-0.2, -0.15) is 0 Å². The molecule has 0 amide bonds. The lowest BCUT2D eigenvalue weighted by atomic mass is 10.2. The quantitative estimate of drug-likeness (QED) is 0.780. The molecule has 1 atom stereocenters. The van der Waals surface area contributed by atoms with Crippen LogP contribution in [0.5, 0.6) is 0 Å². The first-order chi connectivity index (χ1) is 7.18. The predicted molar refractivity (Wildman–Crippen MR) is 57.4 cm³/mol. The van der Waals surface area contributed by atoms with Gasteiger partial charge in [-0.05, 0) is 31.3 Å². The number of aromatic amines is 2. The van der Waals surface area contributed by atoms with Crippen LogP contribution in [-0.2, 0) is 6.42 Å². The highest BCUT2D eigenvalue weighted by molar-refractivity contribution is 7.71. The first-order valence-corrected chi connectivity index (χ1v) is 5.01. The van der Waals surface area contributed by atoms with Gasteiger partial charge in [0, 0.05) is 12.5 Å². The second-order valence-electron chi connectivity index (χ2n) is 3.36. The zero-order valence-electron chi connectivity index (χ0n) is 8.19. The van der Waals surface area contributed by atoms with Crippen molar-refractivity contribution in [3.05, 3.63) is 39.4 Å². The molecule has 0 saturated heterocycles. The van der Waals surface area contributed by atoms with E-state index < -0.39 is 0 Å². The third-order valence-electron chi connectivity index (χ3n) is 2.23. The maximum absolute atomic E-state index is 11.4. The van der Waals surface area contributed by atoms with E-state index in [0.717, 1.165) is 5.76 Å². The minimum Gasteiger partial charge on any atom is -0.469 e. The number of rotatable bonds is 3. The maximum atomic E-state index is 11.4. The van der Waals surface area contributed by atoms with Crippen molar-refractivity contribution in [1.82, 2.24) is 14.8 Å². The highest BCUT2D eigenvalue weighted by atomic mass is 32.1. The molecule has 0 saturated carbocycles. The highest BCUT2D eigenvalue weighted by Gasteiger charge is 2.11. The van der Waals surface area contributed by atoms with Crippen molar-refractivity contribution in [1.29, 1.82) is 0 Å². The molecule has 80 valence electrons. The van der Waals surface area contributed by atoms with Gasteiger partial charge in [-0.3, -0.25) is 9.67 Å². The molecule has 2 aromatic rings. The molecule has 0 aliphatic rings. The minimum absolute atomic E-state index is 0.0290. The van der Waals surface area contributed by atoms with Gasteiger partial charge in [0.15, 0.2) is 4.77 Å². The molecule has 5 nitrogen and oxygen atoms in total. The van der Waals surface area contributed by atoms with Gasteiger partial charge in [-0.1, -0.05) is 0 Å². The zero-order chi connectivity index (χ0) is 10.8. The van der Waals surface area contributed by atoms with Crippen LogP contribution in [0, 0.1) is 4.77 Å². The number of hydrogen-bond acceptors (Lipinski definition) is 3. The van der Waals surface area contributed by atoms with Gasteiger partial charge >= 0.3 is 5.69 Å². The minimum atomic E-state index is -0.223. The fraction of sp³-hybridized carbons (Fsp3) is 0.333. The van der Waals surface area contributed by atoms with Crippen molar-refractivity contribution in [2.45, 2.75) is 19.4 Å². The summed E-state index contributed by atoms with van der Waals surface area (Å²) in [5.41, 5.74) is -0.223. The van der Waals surface area contributed by atoms with Crippen LogP contribution in [0.15, 0.2) is 27.6 Å². The molecule has 0 fully saturated rings. The average Bonchev–Trinajstić information content (AvgIpc) is 2.77. The normalized spacial score (nSPS) is 12.9. The second kappa shape index (κ2) is 3.90. The SMILES string of the molecule is CC(Cc1ccco1)n1c(=O)[nH][nH]c1=S. The summed E-state index contributed by atoms with van der Waals surface area (Å²) in [5, 5.41) is 5.05. The number of hydrogen-bond donors (Lipinski definition) is 2. The topological polar surface area (TPSA) is 66.7 Å². The van der Waals surface area contributed by atoms with E-state index in [0.29, 0.717) is 11.2 Å². The largest absolute Gasteiger partial charge is 0.469 e. The van der Waals surface area contributed by atoms with Crippen molar-refractivity contribution in [2.24, 2.45) is 0 Å². The lowest BCUT2D eigenvalue weighted by Gasteiger charge is -2.08. The molecule has 0 radical (unpaired) electrons. The van der Waals surface area contributed by atoms with Gasteiger partial charge in [0.1, 0.15) is 5.76 Å². The van der Waals surface area contributed by atoms with E-state index in [9.17, 15) is 4.79 Å². The molecular formula is C9H11N3O2S. The molecule has 0 spiro atoms. The predicted octanol–water partition coefficient (Wildman–Crippen LogP) is 1.63. The van der Waals surface area contributed by atoms with Crippen molar-refractivity contribution in [3.8, 4) is 0 Å². The van der Waals surface area contributed by atoms with E-state index in [1.165, 1.54) is 4.57 Å². The summed E-state index contributed by atoms with van der Waals surface area (Å²) in [6.07, 6.45) is 2.25. The summed E-state index contributed by atoms with van der Waals surface area (Å²) in [4.78, 5) is 11.4. The van der Waals surface area contributed by atoms with Crippen LogP contribution in [-0.4, -0.2) is 14.8 Å². The van der Waals surface area contributed by atoms with Gasteiger partial charge in [0.2, 0.25) is 0 Å². The molecule has 2 rings (SSSR count). The molecule has 6 heteroatoms. The first kappa shape index (κ1) is 9.97. The van der Waals surface area contributed by atoms with Crippen LogP contribution in [0.25, 0.3) is 0 Å². The number of furan rings is 1. The van der Waals surface area contributed by atoms with Crippen molar-refractivity contribution in [2.75, 3.05) is 0 Å². The third-order valence-corrected chi connectivity index (χ3v) is 2.53. The summed E-state index contributed by atoms with van der Waals surface area (Å²) in [6, 6.07) is 3.67. The van der Waals surface area contributed by atoms with Gasteiger partial charge in [-0.15, -0.1) is 0 Å². The molecule has 0 aliphatic heterocycles. The van der Waals surface area contributed by atoms with Crippen LogP contribution < -0.4 is 5.69 Å². The van der Waals surface area contributed by atoms with Crippen molar-refractivity contribution >= 4 is 12.2 Å². The van der Waals surface area contributed by atoms with Crippen LogP contribution in [0.3, 0.4) is 0 Å².